The van der Waals surface area contributed by atoms with Crippen molar-refractivity contribution in [3.05, 3.63) is 76.8 Å². The summed E-state index contributed by atoms with van der Waals surface area (Å²) < 4.78 is 11.3. The molecule has 1 amide bonds. The van der Waals surface area contributed by atoms with E-state index in [0.717, 1.165) is 21.5 Å². The zero-order valence-electron chi connectivity index (χ0n) is 15.6. The quantitative estimate of drug-likeness (QED) is 0.451. The molecule has 0 unspecified atom stereocenters. The molecule has 5 rings (SSSR count). The van der Waals surface area contributed by atoms with Crippen LogP contribution < -0.4 is 4.74 Å². The molecule has 7 nitrogen and oxygen atoms in total. The van der Waals surface area contributed by atoms with Gasteiger partial charge in [0, 0.05) is 11.4 Å². The molecule has 1 aliphatic rings. The molecule has 1 atom stereocenters. The van der Waals surface area contributed by atoms with E-state index in [1.807, 2.05) is 29.6 Å². The fourth-order valence-corrected chi connectivity index (χ4v) is 4.19. The van der Waals surface area contributed by atoms with Gasteiger partial charge in [-0.1, -0.05) is 23.7 Å². The number of amides is 1. The second-order valence-electron chi connectivity index (χ2n) is 6.63. The second-order valence-corrected chi connectivity index (χ2v) is 7.97. The largest absolute Gasteiger partial charge is 0.467 e. The third kappa shape index (κ3) is 3.55. The number of ether oxygens (including phenoxy) is 1. The minimum Gasteiger partial charge on any atom is -0.467 e. The van der Waals surface area contributed by atoms with Crippen LogP contribution in [0.25, 0.3) is 10.2 Å². The lowest BCUT2D eigenvalue weighted by Crippen LogP contribution is -2.31. The van der Waals surface area contributed by atoms with Crippen molar-refractivity contribution in [3.63, 3.8) is 0 Å². The van der Waals surface area contributed by atoms with Crippen LogP contribution in [0.3, 0.4) is 0 Å². The summed E-state index contributed by atoms with van der Waals surface area (Å²) in [5.41, 5.74) is 1.69. The number of benzene rings is 1. The molecule has 4 aromatic rings. The van der Waals surface area contributed by atoms with Gasteiger partial charge in [0.25, 0.3) is 5.91 Å². The third-order valence-corrected chi connectivity index (χ3v) is 5.85. The van der Waals surface area contributed by atoms with Crippen LogP contribution in [0.4, 0.5) is 0 Å². The molecule has 1 aliphatic heterocycles. The molecule has 0 saturated carbocycles. The van der Waals surface area contributed by atoms with Crippen LogP contribution in [0.5, 0.6) is 5.88 Å². The smallest absolute Gasteiger partial charge is 0.281 e. The molecule has 0 spiro atoms. The highest BCUT2D eigenvalue weighted by molar-refractivity contribution is 7.16. The summed E-state index contributed by atoms with van der Waals surface area (Å²) >= 11 is 7.48. The maximum atomic E-state index is 13.0. The number of rotatable bonds is 5. The predicted molar refractivity (Wildman–Crippen MR) is 114 cm³/mol. The van der Waals surface area contributed by atoms with Crippen LogP contribution >= 0.6 is 22.9 Å². The summed E-state index contributed by atoms with van der Waals surface area (Å²) in [6.45, 7) is -0.198. The molecule has 0 bridgehead atoms. The molecule has 4 heterocycles. The van der Waals surface area contributed by atoms with E-state index < -0.39 is 0 Å². The Morgan fingerprint density at radius 1 is 1.23 bits per heavy atom. The van der Waals surface area contributed by atoms with E-state index in [1.54, 1.807) is 24.5 Å². The summed E-state index contributed by atoms with van der Waals surface area (Å²) in [7, 11) is 0. The SMILES string of the molecule is O=C(COc1ncnc2sccc12)N1N=C(c2ccc(Cl)cc2)C[C@@H]1c1ccco1. The fourth-order valence-electron chi connectivity index (χ4n) is 3.34. The molecule has 3 aromatic heterocycles. The molecule has 0 aliphatic carbocycles. The highest BCUT2D eigenvalue weighted by Crippen LogP contribution is 2.33. The Balaban J connectivity index is 1.39. The Kier molecular flexibility index (Phi) is 4.94. The first kappa shape index (κ1) is 18.8. The topological polar surface area (TPSA) is 80.8 Å². The summed E-state index contributed by atoms with van der Waals surface area (Å²) in [6.07, 6.45) is 3.54. The Bertz CT molecular complexity index is 1220. The van der Waals surface area contributed by atoms with Crippen LogP contribution in [-0.4, -0.2) is 33.2 Å². The molecule has 30 heavy (non-hydrogen) atoms. The van der Waals surface area contributed by atoms with Crippen molar-refractivity contribution >= 4 is 44.8 Å². The Labute approximate surface area is 180 Å². The minimum absolute atomic E-state index is 0.198. The van der Waals surface area contributed by atoms with Crippen LogP contribution in [0.15, 0.2) is 70.0 Å². The Hall–Kier alpha value is -3.23. The zero-order chi connectivity index (χ0) is 20.5. The number of hydrogen-bond acceptors (Lipinski definition) is 7. The lowest BCUT2D eigenvalue weighted by molar-refractivity contribution is -0.135. The molecule has 0 fully saturated rings. The number of thiophene rings is 1. The summed E-state index contributed by atoms with van der Waals surface area (Å²) in [5, 5.41) is 9.34. The summed E-state index contributed by atoms with van der Waals surface area (Å²) in [4.78, 5) is 22.2. The number of hydrogen-bond donors (Lipinski definition) is 0. The van der Waals surface area contributed by atoms with Gasteiger partial charge in [0.2, 0.25) is 5.88 Å². The van der Waals surface area contributed by atoms with E-state index in [4.69, 9.17) is 20.8 Å². The lowest BCUT2D eigenvalue weighted by Gasteiger charge is -2.19. The standard InChI is InChI=1S/C21H15ClN4O3S/c22-14-5-3-13(4-6-14)16-10-17(18-2-1-8-28-18)26(25-16)19(27)11-29-20-15-7-9-30-21(15)24-12-23-20/h1-9,12,17H,10-11H2/t17-/m1/s1. The number of furan rings is 1. The van der Waals surface area contributed by atoms with Gasteiger partial charge in [0.05, 0.1) is 17.4 Å². The number of carbonyl (C=O) groups is 1. The van der Waals surface area contributed by atoms with Crippen molar-refractivity contribution in [2.24, 2.45) is 5.10 Å². The van der Waals surface area contributed by atoms with Gasteiger partial charge in [-0.25, -0.2) is 15.0 Å². The van der Waals surface area contributed by atoms with Crippen LogP contribution in [-0.2, 0) is 4.79 Å². The van der Waals surface area contributed by atoms with Crippen molar-refractivity contribution in [1.29, 1.82) is 0 Å². The van der Waals surface area contributed by atoms with Crippen LogP contribution in [0.2, 0.25) is 5.02 Å². The number of hydrazone groups is 1. The van der Waals surface area contributed by atoms with E-state index in [2.05, 4.69) is 15.1 Å². The average Bonchev–Trinajstić information content (AvgIpc) is 3.52. The number of fused-ring (bicyclic) bond motifs is 1. The normalized spacial score (nSPS) is 16.1. The molecule has 0 radical (unpaired) electrons. The van der Waals surface area contributed by atoms with Crippen molar-refractivity contribution in [3.8, 4) is 5.88 Å². The van der Waals surface area contributed by atoms with E-state index in [-0.39, 0.29) is 18.6 Å². The first-order valence-corrected chi connectivity index (χ1v) is 10.4. The van der Waals surface area contributed by atoms with Gasteiger partial charge >= 0.3 is 0 Å². The first-order valence-electron chi connectivity index (χ1n) is 9.19. The minimum atomic E-state index is -0.339. The number of aromatic nitrogens is 2. The van der Waals surface area contributed by atoms with Gasteiger partial charge in [0.1, 0.15) is 23.0 Å². The number of halogens is 1. The monoisotopic (exact) mass is 438 g/mol. The number of nitrogens with zero attached hydrogens (tertiary/aromatic N) is 4. The van der Waals surface area contributed by atoms with Crippen LogP contribution in [0, 0.1) is 0 Å². The maximum absolute atomic E-state index is 13.0. The third-order valence-electron chi connectivity index (χ3n) is 4.77. The van der Waals surface area contributed by atoms with Gasteiger partial charge in [-0.2, -0.15) is 5.10 Å². The molecule has 0 N–H and O–H groups in total. The molecular formula is C21H15ClN4O3S. The fraction of sp³-hybridized carbons (Fsp3) is 0.143. The van der Waals surface area contributed by atoms with E-state index >= 15 is 0 Å². The Morgan fingerprint density at radius 2 is 2.10 bits per heavy atom. The van der Waals surface area contributed by atoms with Crippen molar-refractivity contribution < 1.29 is 13.9 Å². The van der Waals surface area contributed by atoms with Gasteiger partial charge in [-0.3, -0.25) is 4.79 Å². The highest BCUT2D eigenvalue weighted by atomic mass is 35.5. The van der Waals surface area contributed by atoms with Gasteiger partial charge in [-0.15, -0.1) is 11.3 Å². The summed E-state index contributed by atoms with van der Waals surface area (Å²) in [6, 6.07) is 12.5. The lowest BCUT2D eigenvalue weighted by atomic mass is 10.0. The Morgan fingerprint density at radius 3 is 2.90 bits per heavy atom. The van der Waals surface area contributed by atoms with Crippen molar-refractivity contribution in [1.82, 2.24) is 15.0 Å². The van der Waals surface area contributed by atoms with E-state index in [1.165, 1.54) is 22.7 Å². The van der Waals surface area contributed by atoms with Crippen LogP contribution in [0.1, 0.15) is 23.8 Å². The number of carbonyl (C=O) groups excluding carboxylic acids is 1. The van der Waals surface area contributed by atoms with Gasteiger partial charge < -0.3 is 9.15 Å². The first-order chi connectivity index (χ1) is 14.7. The molecule has 0 saturated heterocycles. The van der Waals surface area contributed by atoms with Crippen molar-refractivity contribution in [2.75, 3.05) is 6.61 Å². The van der Waals surface area contributed by atoms with Gasteiger partial charge in [0.15, 0.2) is 6.61 Å². The summed E-state index contributed by atoms with van der Waals surface area (Å²) in [5.74, 6) is 0.755. The average molecular weight is 439 g/mol. The molecule has 1 aromatic carbocycles. The molecule has 9 heteroatoms. The predicted octanol–water partition coefficient (Wildman–Crippen LogP) is 4.69. The zero-order valence-corrected chi connectivity index (χ0v) is 17.1. The highest BCUT2D eigenvalue weighted by Gasteiger charge is 2.35. The van der Waals surface area contributed by atoms with Crippen molar-refractivity contribution in [2.45, 2.75) is 12.5 Å². The molecular weight excluding hydrogens is 424 g/mol. The van der Waals surface area contributed by atoms with E-state index in [0.29, 0.717) is 23.1 Å². The second kappa shape index (κ2) is 7.89. The van der Waals surface area contributed by atoms with Gasteiger partial charge in [-0.05, 0) is 41.3 Å². The maximum Gasteiger partial charge on any atom is 0.281 e. The van der Waals surface area contributed by atoms with E-state index in [9.17, 15) is 4.79 Å². The molecule has 150 valence electrons.